The number of para-hydroxylation sites is 2. The summed E-state index contributed by atoms with van der Waals surface area (Å²) in [5, 5.41) is 5.95. The number of carbonyl (C=O) groups excluding carboxylic acids is 2. The minimum atomic E-state index is -0.0898. The summed E-state index contributed by atoms with van der Waals surface area (Å²) in [7, 11) is 1.84. The lowest BCUT2D eigenvalue weighted by atomic mass is 10.1. The van der Waals surface area contributed by atoms with E-state index in [0.29, 0.717) is 13.0 Å². The fraction of sp³-hybridized carbons (Fsp3) is 0.417. The van der Waals surface area contributed by atoms with E-state index in [4.69, 9.17) is 4.74 Å². The normalized spacial score (nSPS) is 14.4. The maximum Gasteiger partial charge on any atom is 0.238 e. The molecular formula is C24H32N4O3. The highest BCUT2D eigenvalue weighted by atomic mass is 16.5. The number of carbonyl (C=O) groups is 2. The van der Waals surface area contributed by atoms with Crippen LogP contribution in [0.25, 0.3) is 0 Å². The molecule has 7 nitrogen and oxygen atoms in total. The molecule has 1 aliphatic rings. The monoisotopic (exact) mass is 424 g/mol. The summed E-state index contributed by atoms with van der Waals surface area (Å²) < 4.78 is 5.41. The molecule has 0 aliphatic carbocycles. The van der Waals surface area contributed by atoms with E-state index in [1.54, 1.807) is 0 Å². The molecule has 0 spiro atoms. The van der Waals surface area contributed by atoms with Crippen molar-refractivity contribution in [3.63, 3.8) is 0 Å². The Bertz CT molecular complexity index is 881. The van der Waals surface area contributed by atoms with Crippen LogP contribution in [-0.4, -0.2) is 68.1 Å². The number of ether oxygens (including phenoxy) is 1. The molecule has 3 rings (SSSR count). The third kappa shape index (κ3) is 7.47. The first-order valence-electron chi connectivity index (χ1n) is 10.7. The number of benzene rings is 2. The molecule has 1 fully saturated rings. The second kappa shape index (κ2) is 11.6. The molecule has 1 aliphatic heterocycles. The number of anilines is 2. The summed E-state index contributed by atoms with van der Waals surface area (Å²) in [5.41, 5.74) is 3.78. The molecule has 2 aromatic carbocycles. The Morgan fingerprint density at radius 1 is 0.968 bits per heavy atom. The Hall–Kier alpha value is -2.74. The van der Waals surface area contributed by atoms with Crippen LogP contribution in [0, 0.1) is 6.92 Å². The van der Waals surface area contributed by atoms with E-state index >= 15 is 0 Å². The average molecular weight is 425 g/mol. The smallest absolute Gasteiger partial charge is 0.238 e. The van der Waals surface area contributed by atoms with Gasteiger partial charge in [0.2, 0.25) is 11.8 Å². The van der Waals surface area contributed by atoms with Crippen LogP contribution in [0.4, 0.5) is 11.4 Å². The van der Waals surface area contributed by atoms with Gasteiger partial charge in [-0.15, -0.1) is 0 Å². The van der Waals surface area contributed by atoms with Crippen molar-refractivity contribution in [1.29, 1.82) is 0 Å². The lowest BCUT2D eigenvalue weighted by Crippen LogP contribution is -2.36. The summed E-state index contributed by atoms with van der Waals surface area (Å²) in [6.07, 6.45) is 0.319. The van der Waals surface area contributed by atoms with Crippen LogP contribution in [-0.2, 0) is 20.9 Å². The first-order chi connectivity index (χ1) is 15.0. The van der Waals surface area contributed by atoms with Crippen LogP contribution < -0.4 is 10.6 Å². The second-order valence-corrected chi connectivity index (χ2v) is 7.94. The molecule has 0 radical (unpaired) electrons. The molecule has 0 bridgehead atoms. The fourth-order valence-corrected chi connectivity index (χ4v) is 3.51. The molecule has 0 atom stereocenters. The summed E-state index contributed by atoms with van der Waals surface area (Å²) in [6, 6.07) is 15.6. The molecule has 2 aromatic rings. The van der Waals surface area contributed by atoms with Crippen molar-refractivity contribution in [2.45, 2.75) is 19.9 Å². The molecule has 0 saturated carbocycles. The number of likely N-dealkylation sites (N-methyl/N-ethyl adjacent to an activating group) is 1. The van der Waals surface area contributed by atoms with E-state index in [2.05, 4.69) is 15.5 Å². The topological polar surface area (TPSA) is 73.9 Å². The van der Waals surface area contributed by atoms with Gasteiger partial charge in [0.25, 0.3) is 0 Å². The molecule has 0 unspecified atom stereocenters. The largest absolute Gasteiger partial charge is 0.379 e. The van der Waals surface area contributed by atoms with Gasteiger partial charge in [-0.1, -0.05) is 36.4 Å². The third-order valence-corrected chi connectivity index (χ3v) is 5.34. The SMILES string of the molecule is Cc1ccccc1NC(=O)CN(C)CCC(=O)Nc1ccccc1CN1CCOCC1. The van der Waals surface area contributed by atoms with Crippen LogP contribution in [0.5, 0.6) is 0 Å². The molecular weight excluding hydrogens is 392 g/mol. The zero-order chi connectivity index (χ0) is 22.1. The number of morpholine rings is 1. The Labute approximate surface area is 184 Å². The van der Waals surface area contributed by atoms with Crippen LogP contribution in [0.15, 0.2) is 48.5 Å². The molecule has 1 heterocycles. The first kappa shape index (κ1) is 22.9. The quantitative estimate of drug-likeness (QED) is 0.648. The van der Waals surface area contributed by atoms with Gasteiger partial charge in [0, 0.05) is 44.0 Å². The average Bonchev–Trinajstić information content (AvgIpc) is 2.76. The number of amides is 2. The van der Waals surface area contributed by atoms with E-state index in [1.165, 1.54) is 0 Å². The van der Waals surface area contributed by atoms with Crippen LogP contribution in [0.1, 0.15) is 17.5 Å². The molecule has 7 heteroatoms. The minimum Gasteiger partial charge on any atom is -0.379 e. The number of aryl methyl sites for hydroxylation is 1. The molecule has 31 heavy (non-hydrogen) atoms. The van der Waals surface area contributed by atoms with E-state index in [1.807, 2.05) is 67.4 Å². The number of nitrogens with one attached hydrogen (secondary N) is 2. The van der Waals surface area contributed by atoms with Gasteiger partial charge in [-0.2, -0.15) is 0 Å². The zero-order valence-electron chi connectivity index (χ0n) is 18.4. The van der Waals surface area contributed by atoms with Crippen molar-refractivity contribution < 1.29 is 14.3 Å². The standard InChI is InChI=1S/C24H32N4O3/c1-19-7-3-5-9-21(19)25-24(30)18-27(2)12-11-23(29)26-22-10-6-4-8-20(22)17-28-13-15-31-16-14-28/h3-10H,11-18H2,1-2H3,(H,25,30)(H,26,29). The molecule has 166 valence electrons. The number of nitrogens with zero attached hydrogens (tertiary/aromatic N) is 2. The lowest BCUT2D eigenvalue weighted by molar-refractivity contribution is -0.119. The maximum absolute atomic E-state index is 12.5. The van der Waals surface area contributed by atoms with E-state index in [-0.39, 0.29) is 18.4 Å². The van der Waals surface area contributed by atoms with Gasteiger partial charge in [-0.25, -0.2) is 0 Å². The van der Waals surface area contributed by atoms with Crippen LogP contribution >= 0.6 is 0 Å². The Morgan fingerprint density at radius 2 is 1.61 bits per heavy atom. The molecule has 2 amide bonds. The molecule has 1 saturated heterocycles. The molecule has 2 N–H and O–H groups in total. The minimum absolute atomic E-state index is 0.0550. The Balaban J connectivity index is 1.44. The van der Waals surface area contributed by atoms with Crippen molar-refractivity contribution in [1.82, 2.24) is 9.80 Å². The van der Waals surface area contributed by atoms with Crippen LogP contribution in [0.3, 0.4) is 0 Å². The van der Waals surface area contributed by atoms with Gasteiger partial charge in [0.05, 0.1) is 19.8 Å². The van der Waals surface area contributed by atoms with E-state index in [9.17, 15) is 9.59 Å². The van der Waals surface area contributed by atoms with Gasteiger partial charge in [-0.05, 0) is 37.2 Å². The summed E-state index contributed by atoms with van der Waals surface area (Å²) in [5.74, 6) is -0.145. The Kier molecular flexibility index (Phi) is 8.58. The van der Waals surface area contributed by atoms with Gasteiger partial charge >= 0.3 is 0 Å². The number of hydrogen-bond donors (Lipinski definition) is 2. The fourth-order valence-electron chi connectivity index (χ4n) is 3.51. The highest BCUT2D eigenvalue weighted by Gasteiger charge is 2.14. The Morgan fingerprint density at radius 3 is 2.35 bits per heavy atom. The first-order valence-corrected chi connectivity index (χ1v) is 10.7. The van der Waals surface area contributed by atoms with Gasteiger partial charge < -0.3 is 15.4 Å². The molecule has 0 aromatic heterocycles. The van der Waals surface area contributed by atoms with Gasteiger partial charge in [-0.3, -0.25) is 19.4 Å². The summed E-state index contributed by atoms with van der Waals surface area (Å²) in [6.45, 7) is 6.78. The van der Waals surface area contributed by atoms with Crippen LogP contribution in [0.2, 0.25) is 0 Å². The van der Waals surface area contributed by atoms with Crippen molar-refractivity contribution >= 4 is 23.2 Å². The predicted molar refractivity (Wildman–Crippen MR) is 123 cm³/mol. The number of hydrogen-bond acceptors (Lipinski definition) is 5. The summed E-state index contributed by atoms with van der Waals surface area (Å²) >= 11 is 0. The van der Waals surface area contributed by atoms with E-state index < -0.39 is 0 Å². The van der Waals surface area contributed by atoms with Crippen molar-refractivity contribution in [3.8, 4) is 0 Å². The second-order valence-electron chi connectivity index (χ2n) is 7.94. The van der Waals surface area contributed by atoms with Crippen molar-refractivity contribution in [3.05, 3.63) is 59.7 Å². The summed E-state index contributed by atoms with van der Waals surface area (Å²) in [4.78, 5) is 29.0. The van der Waals surface area contributed by atoms with E-state index in [0.717, 1.165) is 55.3 Å². The van der Waals surface area contributed by atoms with Crippen molar-refractivity contribution in [2.24, 2.45) is 0 Å². The van der Waals surface area contributed by atoms with Gasteiger partial charge in [0.15, 0.2) is 0 Å². The highest BCUT2D eigenvalue weighted by molar-refractivity contribution is 5.93. The van der Waals surface area contributed by atoms with Crippen molar-refractivity contribution in [2.75, 3.05) is 57.1 Å². The third-order valence-electron chi connectivity index (χ3n) is 5.34. The predicted octanol–water partition coefficient (Wildman–Crippen LogP) is 2.73. The lowest BCUT2D eigenvalue weighted by Gasteiger charge is -2.27. The van der Waals surface area contributed by atoms with Gasteiger partial charge in [0.1, 0.15) is 0 Å². The number of rotatable bonds is 9. The highest BCUT2D eigenvalue weighted by Crippen LogP contribution is 2.18. The maximum atomic E-state index is 12.5. The zero-order valence-corrected chi connectivity index (χ0v) is 18.4.